The van der Waals surface area contributed by atoms with Crippen LogP contribution in [0.25, 0.3) is 0 Å². The lowest BCUT2D eigenvalue weighted by molar-refractivity contribution is -0.129. The molecule has 1 saturated heterocycles. The van der Waals surface area contributed by atoms with Crippen LogP contribution in [0.2, 0.25) is 0 Å². The fraction of sp³-hybridized carbons (Fsp3) is 0.500. The van der Waals surface area contributed by atoms with Crippen LogP contribution < -0.4 is 16.0 Å². The molecule has 0 aliphatic carbocycles. The Balaban J connectivity index is 1.80. The van der Waals surface area contributed by atoms with Gasteiger partial charge in [0.25, 0.3) is 0 Å². The first kappa shape index (κ1) is 19.6. The molecule has 0 bridgehead atoms. The summed E-state index contributed by atoms with van der Waals surface area (Å²) >= 11 is 0. The highest BCUT2D eigenvalue weighted by Crippen LogP contribution is 2.11. The van der Waals surface area contributed by atoms with Crippen LogP contribution in [0, 0.1) is 0 Å². The predicted molar refractivity (Wildman–Crippen MR) is 101 cm³/mol. The second kappa shape index (κ2) is 9.65. The number of carbonyl (C=O) groups excluding carboxylic acids is 2. The van der Waals surface area contributed by atoms with E-state index in [1.165, 1.54) is 7.11 Å². The maximum absolute atomic E-state index is 11.8. The van der Waals surface area contributed by atoms with E-state index >= 15 is 0 Å². The van der Waals surface area contributed by atoms with Gasteiger partial charge >= 0.3 is 6.09 Å². The van der Waals surface area contributed by atoms with Gasteiger partial charge in [-0.3, -0.25) is 15.1 Å². The number of carbonyl (C=O) groups is 2. The van der Waals surface area contributed by atoms with E-state index in [0.29, 0.717) is 31.2 Å². The van der Waals surface area contributed by atoms with Gasteiger partial charge in [-0.1, -0.05) is 19.1 Å². The number of ether oxygens (including phenoxy) is 1. The van der Waals surface area contributed by atoms with Gasteiger partial charge in [-0.2, -0.15) is 0 Å². The van der Waals surface area contributed by atoms with Crippen molar-refractivity contribution in [2.24, 2.45) is 4.99 Å². The molecule has 0 radical (unpaired) electrons. The Labute approximate surface area is 154 Å². The molecule has 2 rings (SSSR count). The van der Waals surface area contributed by atoms with Gasteiger partial charge in [0.15, 0.2) is 5.96 Å². The van der Waals surface area contributed by atoms with Crippen LogP contribution in [-0.4, -0.2) is 56.1 Å². The largest absolute Gasteiger partial charge is 0.453 e. The Hall–Kier alpha value is -2.77. The fourth-order valence-corrected chi connectivity index (χ4v) is 2.78. The smallest absolute Gasteiger partial charge is 0.411 e. The average molecular weight is 361 g/mol. The number of benzene rings is 1. The third-order valence-electron chi connectivity index (χ3n) is 4.25. The number of guanidine groups is 1. The fourth-order valence-electron chi connectivity index (χ4n) is 2.78. The first-order chi connectivity index (χ1) is 12.5. The maximum Gasteiger partial charge on any atom is 0.411 e. The van der Waals surface area contributed by atoms with E-state index in [-0.39, 0.29) is 11.9 Å². The summed E-state index contributed by atoms with van der Waals surface area (Å²) in [6.45, 7) is 3.98. The van der Waals surface area contributed by atoms with Crippen molar-refractivity contribution in [3.63, 3.8) is 0 Å². The predicted octanol–water partition coefficient (Wildman–Crippen LogP) is 1.54. The van der Waals surface area contributed by atoms with Crippen molar-refractivity contribution in [1.82, 2.24) is 15.5 Å². The Bertz CT molecular complexity index is 645. The number of methoxy groups -OCH3 is 1. The van der Waals surface area contributed by atoms with Gasteiger partial charge in [0, 0.05) is 44.8 Å². The standard InChI is InChI=1S/C18H27N5O3/c1-4-16(24)23-10-9-15(12-23)21-17(19-2)20-11-13-5-7-14(8-6-13)22-18(25)26-3/h5-8,15H,4,9-12H2,1-3H3,(H,22,25)(H2,19,20,21). The van der Waals surface area contributed by atoms with Crippen molar-refractivity contribution in [3.8, 4) is 0 Å². The number of nitrogens with zero attached hydrogens (tertiary/aromatic N) is 2. The lowest BCUT2D eigenvalue weighted by atomic mass is 10.2. The van der Waals surface area contributed by atoms with Crippen LogP contribution in [0.1, 0.15) is 25.3 Å². The molecule has 1 aliphatic rings. The molecular weight excluding hydrogens is 334 g/mol. The van der Waals surface area contributed by atoms with E-state index in [0.717, 1.165) is 18.5 Å². The summed E-state index contributed by atoms with van der Waals surface area (Å²) in [4.78, 5) is 29.1. The quantitative estimate of drug-likeness (QED) is 0.546. The summed E-state index contributed by atoms with van der Waals surface area (Å²) < 4.78 is 4.56. The summed E-state index contributed by atoms with van der Waals surface area (Å²) in [5.41, 5.74) is 1.73. The number of aliphatic imine (C=N–C) groups is 1. The highest BCUT2D eigenvalue weighted by atomic mass is 16.5. The zero-order valence-corrected chi connectivity index (χ0v) is 15.5. The SMILES string of the molecule is CCC(=O)N1CCC(NC(=NC)NCc2ccc(NC(=O)OC)cc2)C1. The van der Waals surface area contributed by atoms with Crippen molar-refractivity contribution in [2.45, 2.75) is 32.4 Å². The first-order valence-corrected chi connectivity index (χ1v) is 8.74. The van der Waals surface area contributed by atoms with E-state index in [1.807, 2.05) is 36.1 Å². The average Bonchev–Trinajstić information content (AvgIpc) is 3.14. The molecule has 1 aromatic carbocycles. The van der Waals surface area contributed by atoms with Crippen molar-refractivity contribution < 1.29 is 14.3 Å². The summed E-state index contributed by atoms with van der Waals surface area (Å²) in [5.74, 6) is 0.899. The second-order valence-electron chi connectivity index (χ2n) is 6.06. The molecule has 1 fully saturated rings. The van der Waals surface area contributed by atoms with E-state index < -0.39 is 6.09 Å². The van der Waals surface area contributed by atoms with Crippen LogP contribution in [-0.2, 0) is 16.1 Å². The van der Waals surface area contributed by atoms with Gasteiger partial charge in [-0.05, 0) is 24.1 Å². The number of nitrogens with one attached hydrogen (secondary N) is 3. The molecule has 1 aromatic rings. The Morgan fingerprint density at radius 1 is 1.31 bits per heavy atom. The first-order valence-electron chi connectivity index (χ1n) is 8.74. The Morgan fingerprint density at radius 2 is 2.04 bits per heavy atom. The van der Waals surface area contributed by atoms with E-state index in [9.17, 15) is 9.59 Å². The lowest BCUT2D eigenvalue weighted by Gasteiger charge is -2.18. The minimum Gasteiger partial charge on any atom is -0.453 e. The van der Waals surface area contributed by atoms with Crippen LogP contribution in [0.3, 0.4) is 0 Å². The molecule has 1 aliphatic heterocycles. The lowest BCUT2D eigenvalue weighted by Crippen LogP contribution is -2.44. The molecule has 0 saturated carbocycles. The minimum absolute atomic E-state index is 0.193. The number of amides is 2. The third-order valence-corrected chi connectivity index (χ3v) is 4.25. The summed E-state index contributed by atoms with van der Waals surface area (Å²) in [6.07, 6.45) is 0.966. The normalized spacial score (nSPS) is 17.0. The number of hydrogen-bond donors (Lipinski definition) is 3. The van der Waals surface area contributed by atoms with E-state index in [4.69, 9.17) is 0 Å². The molecule has 3 N–H and O–H groups in total. The number of anilines is 1. The molecule has 1 heterocycles. The van der Waals surface area contributed by atoms with Gasteiger partial charge in [-0.25, -0.2) is 4.79 Å². The van der Waals surface area contributed by atoms with Crippen LogP contribution in [0.15, 0.2) is 29.3 Å². The van der Waals surface area contributed by atoms with E-state index in [2.05, 4.69) is 25.7 Å². The molecule has 8 nitrogen and oxygen atoms in total. The number of hydrogen-bond acceptors (Lipinski definition) is 4. The summed E-state index contributed by atoms with van der Waals surface area (Å²) in [5, 5.41) is 9.24. The molecule has 0 spiro atoms. The molecule has 8 heteroatoms. The molecular formula is C18H27N5O3. The molecule has 1 atom stereocenters. The maximum atomic E-state index is 11.8. The highest BCUT2D eigenvalue weighted by molar-refractivity contribution is 5.84. The molecule has 0 aromatic heterocycles. The van der Waals surface area contributed by atoms with Gasteiger partial charge in [0.1, 0.15) is 0 Å². The highest BCUT2D eigenvalue weighted by Gasteiger charge is 2.25. The van der Waals surface area contributed by atoms with Crippen molar-refractivity contribution in [2.75, 3.05) is 32.6 Å². The zero-order valence-electron chi connectivity index (χ0n) is 15.5. The molecule has 2 amide bonds. The minimum atomic E-state index is -0.493. The van der Waals surface area contributed by atoms with E-state index in [1.54, 1.807) is 7.05 Å². The van der Waals surface area contributed by atoms with Crippen LogP contribution in [0.5, 0.6) is 0 Å². The zero-order chi connectivity index (χ0) is 18.9. The van der Waals surface area contributed by atoms with Crippen molar-refractivity contribution in [3.05, 3.63) is 29.8 Å². The van der Waals surface area contributed by atoms with Gasteiger partial charge in [0.2, 0.25) is 5.91 Å². The molecule has 26 heavy (non-hydrogen) atoms. The topological polar surface area (TPSA) is 95.1 Å². The van der Waals surface area contributed by atoms with Gasteiger partial charge < -0.3 is 20.3 Å². The Kier molecular flexibility index (Phi) is 7.25. The van der Waals surface area contributed by atoms with Crippen LogP contribution >= 0.6 is 0 Å². The third kappa shape index (κ3) is 5.65. The Morgan fingerprint density at radius 3 is 2.65 bits per heavy atom. The van der Waals surface area contributed by atoms with Crippen molar-refractivity contribution >= 4 is 23.6 Å². The van der Waals surface area contributed by atoms with Crippen molar-refractivity contribution in [1.29, 1.82) is 0 Å². The van der Waals surface area contributed by atoms with Gasteiger partial charge in [-0.15, -0.1) is 0 Å². The van der Waals surface area contributed by atoms with Crippen LogP contribution in [0.4, 0.5) is 10.5 Å². The summed E-state index contributed by atoms with van der Waals surface area (Å²) in [6, 6.07) is 7.68. The number of likely N-dealkylation sites (tertiary alicyclic amines) is 1. The monoisotopic (exact) mass is 361 g/mol. The summed E-state index contributed by atoms with van der Waals surface area (Å²) in [7, 11) is 3.05. The molecule has 1 unspecified atom stereocenters. The van der Waals surface area contributed by atoms with Gasteiger partial charge in [0.05, 0.1) is 7.11 Å². The number of rotatable bonds is 5. The second-order valence-corrected chi connectivity index (χ2v) is 6.06. The molecule has 142 valence electrons.